The summed E-state index contributed by atoms with van der Waals surface area (Å²) in [5, 5.41) is 11.7. The molecule has 0 heterocycles. The van der Waals surface area contributed by atoms with Crippen LogP contribution in [0.25, 0.3) is 0 Å². The molecule has 0 aliphatic rings. The number of nitrogens with zero attached hydrogens (tertiary/aromatic N) is 1. The molecule has 0 radical (unpaired) electrons. The van der Waals surface area contributed by atoms with Gasteiger partial charge in [-0.2, -0.15) is 0 Å². The number of carbonyl (C=O) groups is 3. The Morgan fingerprint density at radius 2 is 0.803 bits per heavy atom. The van der Waals surface area contributed by atoms with E-state index in [0.717, 1.165) is 128 Å². The van der Waals surface area contributed by atoms with E-state index >= 15 is 0 Å². The Bertz CT molecular complexity index is 1490. The second-order valence-electron chi connectivity index (χ2n) is 17.6. The second-order valence-corrected chi connectivity index (χ2v) is 17.6. The zero-order chi connectivity index (χ0) is 48.4. The van der Waals surface area contributed by atoms with Crippen LogP contribution in [0.4, 0.5) is 0 Å². The van der Waals surface area contributed by atoms with E-state index in [1.165, 1.54) is 12.8 Å². The molecule has 0 bridgehead atoms. The molecular weight excluding hydrogens is 823 g/mol. The first-order valence-electron chi connectivity index (χ1n) is 25.6. The van der Waals surface area contributed by atoms with E-state index in [0.29, 0.717) is 12.8 Å². The number of unbranched alkanes of at least 4 members (excludes halogenated alkanes) is 10. The van der Waals surface area contributed by atoms with Gasteiger partial charge in [0, 0.05) is 19.3 Å². The Morgan fingerprint density at radius 1 is 0.455 bits per heavy atom. The first kappa shape index (κ1) is 61.7. The van der Waals surface area contributed by atoms with Gasteiger partial charge in [0.05, 0.1) is 40.3 Å². The van der Waals surface area contributed by atoms with E-state index < -0.39 is 18.1 Å². The molecule has 8 nitrogen and oxygen atoms in total. The van der Waals surface area contributed by atoms with Crippen molar-refractivity contribution < 1.29 is 38.2 Å². The Morgan fingerprint density at radius 3 is 1.18 bits per heavy atom. The van der Waals surface area contributed by atoms with E-state index in [9.17, 15) is 19.5 Å². The van der Waals surface area contributed by atoms with Crippen molar-refractivity contribution in [3.8, 4) is 0 Å². The minimum atomic E-state index is -1.14. The molecule has 0 aliphatic carbocycles. The third-order valence-electron chi connectivity index (χ3n) is 10.6. The van der Waals surface area contributed by atoms with Crippen LogP contribution in [-0.4, -0.2) is 75.5 Å². The molecule has 0 spiro atoms. The zero-order valence-corrected chi connectivity index (χ0v) is 42.3. The number of hydrogen-bond donors (Lipinski definition) is 0. The predicted molar refractivity (Wildman–Crippen MR) is 277 cm³/mol. The third-order valence-corrected chi connectivity index (χ3v) is 10.6. The lowest BCUT2D eigenvalue weighted by atomic mass is 10.1. The number of likely N-dealkylation sites (N-methyl/N-ethyl adjacent to an activating group) is 1. The lowest BCUT2D eigenvalue weighted by Gasteiger charge is -2.34. The molecule has 0 saturated carbocycles. The van der Waals surface area contributed by atoms with Gasteiger partial charge in [0.15, 0.2) is 6.10 Å². The molecule has 8 heteroatoms. The number of allylic oxidation sites excluding steroid dienone is 20. The van der Waals surface area contributed by atoms with Crippen molar-refractivity contribution in [2.75, 3.05) is 41.0 Å². The fourth-order valence-corrected chi connectivity index (χ4v) is 6.71. The summed E-state index contributed by atoms with van der Waals surface area (Å²) in [5.41, 5.74) is 0. The Kier molecular flexibility index (Phi) is 44.2. The number of carboxylic acids is 1. The predicted octanol–water partition coefficient (Wildman–Crippen LogP) is 13.6. The van der Waals surface area contributed by atoms with E-state index in [4.69, 9.17) is 14.2 Å². The lowest BCUT2D eigenvalue weighted by Crippen LogP contribution is -2.55. The van der Waals surface area contributed by atoms with Gasteiger partial charge in [0.1, 0.15) is 12.6 Å². The number of hydrogen-bond acceptors (Lipinski definition) is 7. The van der Waals surface area contributed by atoms with Crippen molar-refractivity contribution in [1.29, 1.82) is 0 Å². The van der Waals surface area contributed by atoms with Crippen LogP contribution in [0, 0.1) is 0 Å². The van der Waals surface area contributed by atoms with E-state index in [2.05, 4.69) is 135 Å². The molecule has 0 aliphatic heterocycles. The smallest absolute Gasteiger partial charge is 0.306 e. The van der Waals surface area contributed by atoms with Gasteiger partial charge in [-0.15, -0.1) is 0 Å². The summed E-state index contributed by atoms with van der Waals surface area (Å²) in [4.78, 5) is 37.1. The molecule has 0 rings (SSSR count). The summed E-state index contributed by atoms with van der Waals surface area (Å²) in [6, 6.07) is -0.741. The molecule has 372 valence electrons. The number of ether oxygens (including phenoxy) is 3. The van der Waals surface area contributed by atoms with Gasteiger partial charge in [-0.25, -0.2) is 0 Å². The number of aliphatic carboxylic acids is 1. The molecule has 0 N–H and O–H groups in total. The van der Waals surface area contributed by atoms with Crippen LogP contribution < -0.4 is 5.11 Å². The highest BCUT2D eigenvalue weighted by atomic mass is 16.6. The average molecular weight is 916 g/mol. The molecule has 0 aromatic heterocycles. The van der Waals surface area contributed by atoms with E-state index in [1.807, 2.05) is 0 Å². The Hall–Kier alpha value is -4.27. The topological polar surface area (TPSA) is 102 Å². The zero-order valence-electron chi connectivity index (χ0n) is 42.3. The summed E-state index contributed by atoms with van der Waals surface area (Å²) in [6.07, 6.45) is 66.5. The first-order valence-corrected chi connectivity index (χ1v) is 25.6. The van der Waals surface area contributed by atoms with E-state index in [-0.39, 0.29) is 42.7 Å². The summed E-state index contributed by atoms with van der Waals surface area (Å²) in [7, 11) is 5.39. The number of quaternary nitrogens is 1. The number of esters is 2. The lowest BCUT2D eigenvalue weighted by molar-refractivity contribution is -0.889. The van der Waals surface area contributed by atoms with Crippen molar-refractivity contribution in [3.05, 3.63) is 122 Å². The molecule has 0 saturated heterocycles. The highest BCUT2D eigenvalue weighted by Gasteiger charge is 2.25. The van der Waals surface area contributed by atoms with Crippen molar-refractivity contribution in [2.24, 2.45) is 0 Å². The molecule has 0 fully saturated rings. The standard InChI is InChI=1S/C58H93NO7/c1-6-8-10-12-14-16-18-20-22-24-26-27-28-29-31-32-34-36-38-40-42-44-46-48-56(60)65-53-54(52-64-51-50-55(58(62)63)59(3,4)5)66-57(61)49-47-45-43-41-39-37-35-33-30-25-23-21-19-17-15-13-11-9-7-2/h8-11,14-17,20-23,26-27,29-31,33-34,36,54-55H,6-7,12-13,18-19,24-25,28,32,35,37-53H2,1-5H3/b10-8+,11-9+,16-14+,17-15+,22-20+,23-21+,27-26+,31-29+,33-30+,36-34+. The maximum atomic E-state index is 12.8. The van der Waals surface area contributed by atoms with Crippen LogP contribution in [0.5, 0.6) is 0 Å². The molecule has 0 aromatic rings. The third kappa shape index (κ3) is 44.9. The summed E-state index contributed by atoms with van der Waals surface area (Å²) in [5.74, 6) is -1.80. The van der Waals surface area contributed by atoms with Crippen molar-refractivity contribution in [2.45, 2.75) is 187 Å². The van der Waals surface area contributed by atoms with Crippen LogP contribution in [0.2, 0.25) is 0 Å². The van der Waals surface area contributed by atoms with Gasteiger partial charge >= 0.3 is 11.9 Å². The second kappa shape index (κ2) is 47.2. The molecule has 2 atom stereocenters. The Balaban J connectivity index is 4.36. The van der Waals surface area contributed by atoms with Gasteiger partial charge < -0.3 is 28.6 Å². The molecule has 0 aromatic carbocycles. The van der Waals surface area contributed by atoms with Crippen LogP contribution in [0.15, 0.2) is 122 Å². The first-order chi connectivity index (χ1) is 32.1. The normalized spacial score (nSPS) is 13.9. The largest absolute Gasteiger partial charge is 0.544 e. The maximum Gasteiger partial charge on any atom is 0.306 e. The van der Waals surface area contributed by atoms with Crippen LogP contribution in [-0.2, 0) is 28.6 Å². The fourth-order valence-electron chi connectivity index (χ4n) is 6.71. The average Bonchev–Trinajstić information content (AvgIpc) is 3.28. The maximum absolute atomic E-state index is 12.8. The monoisotopic (exact) mass is 916 g/mol. The van der Waals surface area contributed by atoms with Crippen molar-refractivity contribution in [3.63, 3.8) is 0 Å². The van der Waals surface area contributed by atoms with Crippen LogP contribution in [0.3, 0.4) is 0 Å². The van der Waals surface area contributed by atoms with Gasteiger partial charge in [-0.1, -0.05) is 174 Å². The van der Waals surface area contributed by atoms with Crippen molar-refractivity contribution in [1.82, 2.24) is 0 Å². The number of carbonyl (C=O) groups excluding carboxylic acids is 3. The summed E-state index contributed by atoms with van der Waals surface area (Å²) in [6.45, 7) is 4.38. The minimum Gasteiger partial charge on any atom is -0.544 e. The number of rotatable bonds is 44. The number of carboxylic acid groups (broad SMARTS) is 1. The van der Waals surface area contributed by atoms with Gasteiger partial charge in [-0.05, 0) is 103 Å². The molecule has 0 amide bonds. The molecular formula is C58H93NO7. The van der Waals surface area contributed by atoms with Crippen molar-refractivity contribution >= 4 is 17.9 Å². The summed E-state index contributed by atoms with van der Waals surface area (Å²) < 4.78 is 17.2. The van der Waals surface area contributed by atoms with Gasteiger partial charge in [0.2, 0.25) is 0 Å². The molecule has 66 heavy (non-hydrogen) atoms. The Labute approximate surface area is 403 Å². The van der Waals surface area contributed by atoms with Crippen LogP contribution >= 0.6 is 0 Å². The highest BCUT2D eigenvalue weighted by molar-refractivity contribution is 5.70. The molecule has 2 unspecified atom stereocenters. The van der Waals surface area contributed by atoms with E-state index in [1.54, 1.807) is 21.1 Å². The van der Waals surface area contributed by atoms with Gasteiger partial charge in [0.25, 0.3) is 0 Å². The highest BCUT2D eigenvalue weighted by Crippen LogP contribution is 2.13. The quantitative estimate of drug-likeness (QED) is 0.0260. The fraction of sp³-hybridized carbons (Fsp3) is 0.603. The minimum absolute atomic E-state index is 0.0177. The SMILES string of the molecule is CC/C=C/C/C=C/C/C=C/C/C=C/C/C=C/C/C=C/CCCCCCC(=O)OCC(COCCC(C(=O)[O-])[N+](C)(C)C)OC(=O)CCCCCCCC/C=C/C/C=C/C/C=C/C/C=C/CC. The summed E-state index contributed by atoms with van der Waals surface area (Å²) >= 11 is 0. The van der Waals surface area contributed by atoms with Crippen LogP contribution in [0.1, 0.15) is 174 Å². The van der Waals surface area contributed by atoms with Gasteiger partial charge in [-0.3, -0.25) is 9.59 Å².